The number of methoxy groups -OCH3 is 1. The summed E-state index contributed by atoms with van der Waals surface area (Å²) in [5, 5.41) is 8.71. The van der Waals surface area contributed by atoms with E-state index in [1.54, 1.807) is 6.08 Å². The Hall–Kier alpha value is -2.08. The Morgan fingerprint density at radius 1 is 1.50 bits per heavy atom. The van der Waals surface area contributed by atoms with Gasteiger partial charge in [-0.15, -0.1) is 6.58 Å². The average molecular weight is 253 g/mol. The number of carboxylic acids is 1. The molecule has 0 fully saturated rings. The number of furan rings is 1. The fourth-order valence-corrected chi connectivity index (χ4v) is 1.36. The van der Waals surface area contributed by atoms with Crippen LogP contribution in [0.1, 0.15) is 21.1 Å². The first-order chi connectivity index (χ1) is 8.60. The molecule has 0 unspecified atom stereocenters. The highest BCUT2D eigenvalue weighted by Gasteiger charge is 2.19. The summed E-state index contributed by atoms with van der Waals surface area (Å²) in [5.74, 6) is -1.87. The van der Waals surface area contributed by atoms with Gasteiger partial charge in [-0.1, -0.05) is 6.08 Å². The molecule has 6 heteroatoms. The third kappa shape index (κ3) is 3.46. The van der Waals surface area contributed by atoms with Crippen LogP contribution in [0.4, 0.5) is 0 Å². The second-order valence-corrected chi connectivity index (χ2v) is 3.50. The van der Waals surface area contributed by atoms with Gasteiger partial charge in [0.2, 0.25) is 5.76 Å². The van der Waals surface area contributed by atoms with Gasteiger partial charge in [-0.05, 0) is 12.1 Å². The number of hydrogen-bond acceptors (Lipinski definition) is 4. The van der Waals surface area contributed by atoms with Gasteiger partial charge in [0.25, 0.3) is 5.91 Å². The van der Waals surface area contributed by atoms with Crippen molar-refractivity contribution in [3.8, 4) is 0 Å². The third-order valence-corrected chi connectivity index (χ3v) is 2.23. The number of aromatic carboxylic acids is 1. The molecule has 0 aliphatic carbocycles. The zero-order chi connectivity index (χ0) is 13.5. The molecule has 1 aromatic heterocycles. The van der Waals surface area contributed by atoms with Crippen molar-refractivity contribution >= 4 is 11.9 Å². The van der Waals surface area contributed by atoms with Crippen molar-refractivity contribution in [3.63, 3.8) is 0 Å². The molecule has 1 heterocycles. The van der Waals surface area contributed by atoms with Gasteiger partial charge in [-0.2, -0.15) is 0 Å². The number of amides is 1. The van der Waals surface area contributed by atoms with E-state index in [0.29, 0.717) is 19.7 Å². The van der Waals surface area contributed by atoms with Gasteiger partial charge in [0.1, 0.15) is 0 Å². The number of hydrogen-bond donors (Lipinski definition) is 1. The minimum Gasteiger partial charge on any atom is -0.475 e. The van der Waals surface area contributed by atoms with Crippen LogP contribution in [0.5, 0.6) is 0 Å². The third-order valence-electron chi connectivity index (χ3n) is 2.23. The van der Waals surface area contributed by atoms with E-state index in [9.17, 15) is 9.59 Å². The maximum Gasteiger partial charge on any atom is 0.371 e. The van der Waals surface area contributed by atoms with Gasteiger partial charge in [0.05, 0.1) is 6.61 Å². The van der Waals surface area contributed by atoms with Crippen LogP contribution < -0.4 is 0 Å². The van der Waals surface area contributed by atoms with Crippen LogP contribution in [-0.4, -0.2) is 48.7 Å². The quantitative estimate of drug-likeness (QED) is 0.740. The number of carbonyl (C=O) groups is 2. The minimum absolute atomic E-state index is 0.00893. The highest BCUT2D eigenvalue weighted by atomic mass is 16.5. The Bertz CT molecular complexity index is 437. The molecule has 0 spiro atoms. The lowest BCUT2D eigenvalue weighted by atomic mass is 10.3. The lowest BCUT2D eigenvalue weighted by Gasteiger charge is -2.19. The lowest BCUT2D eigenvalue weighted by Crippen LogP contribution is -2.33. The first-order valence-corrected chi connectivity index (χ1v) is 5.32. The highest BCUT2D eigenvalue weighted by Crippen LogP contribution is 2.11. The summed E-state index contributed by atoms with van der Waals surface area (Å²) in [6, 6.07) is 2.59. The number of ether oxygens (including phenoxy) is 1. The highest BCUT2D eigenvalue weighted by molar-refractivity contribution is 5.93. The average Bonchev–Trinajstić information content (AvgIpc) is 2.83. The van der Waals surface area contributed by atoms with Crippen LogP contribution in [0, 0.1) is 0 Å². The largest absolute Gasteiger partial charge is 0.475 e. The molecule has 0 aliphatic rings. The van der Waals surface area contributed by atoms with E-state index >= 15 is 0 Å². The molecule has 0 aromatic carbocycles. The summed E-state index contributed by atoms with van der Waals surface area (Å²) >= 11 is 0. The lowest BCUT2D eigenvalue weighted by molar-refractivity contribution is 0.0641. The zero-order valence-corrected chi connectivity index (χ0v) is 10.1. The monoisotopic (exact) mass is 253 g/mol. The van der Waals surface area contributed by atoms with Gasteiger partial charge < -0.3 is 19.2 Å². The Morgan fingerprint density at radius 3 is 2.67 bits per heavy atom. The van der Waals surface area contributed by atoms with Gasteiger partial charge in [-0.3, -0.25) is 4.79 Å². The van der Waals surface area contributed by atoms with Gasteiger partial charge in [0, 0.05) is 20.2 Å². The van der Waals surface area contributed by atoms with Crippen LogP contribution >= 0.6 is 0 Å². The molecule has 1 N–H and O–H groups in total. The molecule has 18 heavy (non-hydrogen) atoms. The van der Waals surface area contributed by atoms with E-state index in [1.807, 2.05) is 0 Å². The van der Waals surface area contributed by atoms with Crippen molar-refractivity contribution in [1.82, 2.24) is 4.90 Å². The predicted molar refractivity (Wildman–Crippen MR) is 63.6 cm³/mol. The molecule has 1 rings (SSSR count). The zero-order valence-electron chi connectivity index (χ0n) is 10.1. The molecule has 0 bridgehead atoms. The molecular formula is C12H15NO5. The second kappa shape index (κ2) is 6.61. The molecule has 0 saturated heterocycles. The van der Waals surface area contributed by atoms with E-state index in [0.717, 1.165) is 0 Å². The fraction of sp³-hybridized carbons (Fsp3) is 0.333. The number of nitrogens with zero attached hydrogens (tertiary/aromatic N) is 1. The first kappa shape index (κ1) is 14.0. The summed E-state index contributed by atoms with van der Waals surface area (Å²) in [6.45, 7) is 4.66. The van der Waals surface area contributed by atoms with Crippen molar-refractivity contribution in [1.29, 1.82) is 0 Å². The molecular weight excluding hydrogens is 238 g/mol. The minimum atomic E-state index is -1.21. The maximum absolute atomic E-state index is 12.0. The topological polar surface area (TPSA) is 80.0 Å². The van der Waals surface area contributed by atoms with Crippen LogP contribution in [0.25, 0.3) is 0 Å². The molecule has 0 saturated carbocycles. The van der Waals surface area contributed by atoms with Gasteiger partial charge in [0.15, 0.2) is 5.76 Å². The number of carbonyl (C=O) groups excluding carboxylic acids is 1. The smallest absolute Gasteiger partial charge is 0.371 e. The number of carboxylic acid groups (broad SMARTS) is 1. The Labute approximate surface area is 104 Å². The van der Waals surface area contributed by atoms with Crippen molar-refractivity contribution < 1.29 is 23.8 Å². The number of rotatable bonds is 7. The van der Waals surface area contributed by atoms with Crippen LogP contribution in [0.15, 0.2) is 29.2 Å². The SMILES string of the molecule is C=CCN(CCOC)C(=O)c1ccc(C(=O)O)o1. The Morgan fingerprint density at radius 2 is 2.17 bits per heavy atom. The fourth-order valence-electron chi connectivity index (χ4n) is 1.36. The second-order valence-electron chi connectivity index (χ2n) is 3.50. The maximum atomic E-state index is 12.0. The Balaban J connectivity index is 2.80. The molecule has 98 valence electrons. The van der Waals surface area contributed by atoms with E-state index in [-0.39, 0.29) is 17.4 Å². The first-order valence-electron chi connectivity index (χ1n) is 5.32. The predicted octanol–water partition coefficient (Wildman–Crippen LogP) is 1.25. The van der Waals surface area contributed by atoms with Gasteiger partial charge in [-0.25, -0.2) is 4.79 Å². The molecule has 1 aromatic rings. The van der Waals surface area contributed by atoms with Crippen molar-refractivity contribution in [2.24, 2.45) is 0 Å². The molecule has 6 nitrogen and oxygen atoms in total. The van der Waals surface area contributed by atoms with Crippen molar-refractivity contribution in [2.75, 3.05) is 26.8 Å². The van der Waals surface area contributed by atoms with Crippen LogP contribution in [0.2, 0.25) is 0 Å². The summed E-state index contributed by atoms with van der Waals surface area (Å²) in [6.07, 6.45) is 1.58. The van der Waals surface area contributed by atoms with Crippen LogP contribution in [-0.2, 0) is 4.74 Å². The van der Waals surface area contributed by atoms with Crippen molar-refractivity contribution in [2.45, 2.75) is 0 Å². The van der Waals surface area contributed by atoms with E-state index in [2.05, 4.69) is 6.58 Å². The molecule has 0 radical (unpaired) electrons. The van der Waals surface area contributed by atoms with E-state index in [4.69, 9.17) is 14.3 Å². The summed E-state index contributed by atoms with van der Waals surface area (Å²) in [5.41, 5.74) is 0. The summed E-state index contributed by atoms with van der Waals surface area (Å²) in [4.78, 5) is 24.1. The summed E-state index contributed by atoms with van der Waals surface area (Å²) < 4.78 is 9.84. The molecule has 0 atom stereocenters. The van der Waals surface area contributed by atoms with Crippen LogP contribution in [0.3, 0.4) is 0 Å². The van der Waals surface area contributed by atoms with E-state index < -0.39 is 5.97 Å². The molecule has 0 aliphatic heterocycles. The summed E-state index contributed by atoms with van der Waals surface area (Å²) in [7, 11) is 1.53. The van der Waals surface area contributed by atoms with Crippen molar-refractivity contribution in [3.05, 3.63) is 36.3 Å². The standard InChI is InChI=1S/C12H15NO5/c1-3-6-13(7-8-17-2)11(14)9-4-5-10(18-9)12(15)16/h3-5H,1,6-8H2,2H3,(H,15,16). The van der Waals surface area contributed by atoms with E-state index in [1.165, 1.54) is 24.1 Å². The van der Waals surface area contributed by atoms with Gasteiger partial charge >= 0.3 is 5.97 Å². The molecule has 1 amide bonds. The normalized spacial score (nSPS) is 10.1. The Kier molecular flexibility index (Phi) is 5.13.